The molecule has 0 aliphatic rings. The summed E-state index contributed by atoms with van der Waals surface area (Å²) in [4.78, 5) is 11.4. The molecule has 94 valence electrons. The third-order valence-electron chi connectivity index (χ3n) is 2.19. The molecule has 1 heterocycles. The van der Waals surface area contributed by atoms with Crippen LogP contribution in [0.1, 0.15) is 5.56 Å². The van der Waals surface area contributed by atoms with Crippen LogP contribution in [0.15, 0.2) is 24.3 Å². The SMILES string of the molecule is Fc1ccc(CCNc2nc(Cl)nc(Cl)n2)cc1. The number of hydrogen-bond acceptors (Lipinski definition) is 4. The van der Waals surface area contributed by atoms with Crippen LogP contribution in [0.4, 0.5) is 10.3 Å². The van der Waals surface area contributed by atoms with E-state index in [0.717, 1.165) is 5.56 Å². The van der Waals surface area contributed by atoms with E-state index in [4.69, 9.17) is 23.2 Å². The van der Waals surface area contributed by atoms with E-state index in [9.17, 15) is 4.39 Å². The minimum absolute atomic E-state index is 0.0410. The summed E-state index contributed by atoms with van der Waals surface area (Å²) < 4.78 is 12.7. The van der Waals surface area contributed by atoms with Crippen molar-refractivity contribution in [3.05, 3.63) is 46.2 Å². The molecule has 0 bridgehead atoms. The smallest absolute Gasteiger partial charge is 0.228 e. The number of halogens is 3. The van der Waals surface area contributed by atoms with E-state index in [2.05, 4.69) is 20.3 Å². The van der Waals surface area contributed by atoms with Gasteiger partial charge in [-0.15, -0.1) is 0 Å². The maximum atomic E-state index is 12.7. The molecule has 2 aromatic rings. The third kappa shape index (κ3) is 3.78. The molecule has 1 N–H and O–H groups in total. The molecule has 18 heavy (non-hydrogen) atoms. The van der Waals surface area contributed by atoms with Crippen molar-refractivity contribution < 1.29 is 4.39 Å². The van der Waals surface area contributed by atoms with Gasteiger partial charge in [0.25, 0.3) is 0 Å². The minimum atomic E-state index is -0.247. The molecule has 0 aliphatic carbocycles. The molecule has 0 saturated carbocycles. The average molecular weight is 287 g/mol. The Morgan fingerprint density at radius 1 is 1.00 bits per heavy atom. The van der Waals surface area contributed by atoms with Gasteiger partial charge < -0.3 is 5.32 Å². The van der Waals surface area contributed by atoms with Gasteiger partial charge in [0, 0.05) is 6.54 Å². The van der Waals surface area contributed by atoms with Crippen molar-refractivity contribution in [3.8, 4) is 0 Å². The second-order valence-electron chi connectivity index (χ2n) is 3.50. The fourth-order valence-electron chi connectivity index (χ4n) is 1.37. The van der Waals surface area contributed by atoms with E-state index in [1.807, 2.05) is 0 Å². The third-order valence-corrected chi connectivity index (χ3v) is 2.53. The Morgan fingerprint density at radius 2 is 1.61 bits per heavy atom. The van der Waals surface area contributed by atoms with Gasteiger partial charge in [-0.05, 0) is 47.3 Å². The standard InChI is InChI=1S/C11H9Cl2FN4/c12-9-16-10(13)18-11(17-9)15-6-5-7-1-3-8(14)4-2-7/h1-4H,5-6H2,(H,15,16,17,18). The highest BCUT2D eigenvalue weighted by molar-refractivity contribution is 6.31. The zero-order chi connectivity index (χ0) is 13.0. The van der Waals surface area contributed by atoms with Gasteiger partial charge in [0.05, 0.1) is 0 Å². The number of aromatic nitrogens is 3. The molecule has 0 radical (unpaired) electrons. The van der Waals surface area contributed by atoms with Crippen LogP contribution in [0.25, 0.3) is 0 Å². The topological polar surface area (TPSA) is 50.7 Å². The number of rotatable bonds is 4. The van der Waals surface area contributed by atoms with Gasteiger partial charge in [-0.3, -0.25) is 0 Å². The van der Waals surface area contributed by atoms with Crippen molar-refractivity contribution in [1.29, 1.82) is 0 Å². The van der Waals surface area contributed by atoms with Gasteiger partial charge in [-0.1, -0.05) is 12.1 Å². The van der Waals surface area contributed by atoms with Gasteiger partial charge in [-0.25, -0.2) is 4.39 Å². The van der Waals surface area contributed by atoms with Crippen LogP contribution < -0.4 is 5.32 Å². The zero-order valence-corrected chi connectivity index (χ0v) is 10.7. The summed E-state index contributed by atoms with van der Waals surface area (Å²) in [6.45, 7) is 0.586. The van der Waals surface area contributed by atoms with Gasteiger partial charge in [-0.2, -0.15) is 15.0 Å². The molecular formula is C11H9Cl2FN4. The maximum absolute atomic E-state index is 12.7. The molecule has 0 saturated heterocycles. The van der Waals surface area contributed by atoms with Gasteiger partial charge in [0.15, 0.2) is 0 Å². The van der Waals surface area contributed by atoms with Crippen LogP contribution >= 0.6 is 23.2 Å². The highest BCUT2D eigenvalue weighted by Crippen LogP contribution is 2.10. The van der Waals surface area contributed by atoms with E-state index in [-0.39, 0.29) is 16.4 Å². The molecule has 0 spiro atoms. The Kier molecular flexibility index (Phi) is 4.28. The van der Waals surface area contributed by atoms with Gasteiger partial charge >= 0.3 is 0 Å². The number of anilines is 1. The summed E-state index contributed by atoms with van der Waals surface area (Å²) in [6.07, 6.45) is 0.710. The largest absolute Gasteiger partial charge is 0.354 e. The van der Waals surface area contributed by atoms with Crippen LogP contribution in [-0.2, 0) is 6.42 Å². The van der Waals surface area contributed by atoms with E-state index in [0.29, 0.717) is 18.9 Å². The summed E-state index contributed by atoms with van der Waals surface area (Å²) in [5.41, 5.74) is 1.01. The number of nitrogens with zero attached hydrogens (tertiary/aromatic N) is 3. The Morgan fingerprint density at radius 3 is 2.22 bits per heavy atom. The fraction of sp³-hybridized carbons (Fsp3) is 0.182. The lowest BCUT2D eigenvalue weighted by molar-refractivity contribution is 0.627. The molecule has 2 rings (SSSR count). The maximum Gasteiger partial charge on any atom is 0.228 e. The van der Waals surface area contributed by atoms with Crippen molar-refractivity contribution in [1.82, 2.24) is 15.0 Å². The monoisotopic (exact) mass is 286 g/mol. The molecule has 4 nitrogen and oxygen atoms in total. The van der Waals surface area contributed by atoms with E-state index >= 15 is 0 Å². The van der Waals surface area contributed by atoms with Crippen LogP contribution in [0.5, 0.6) is 0 Å². The van der Waals surface area contributed by atoms with E-state index < -0.39 is 0 Å². The second kappa shape index (κ2) is 5.93. The van der Waals surface area contributed by atoms with E-state index in [1.54, 1.807) is 12.1 Å². The lowest BCUT2D eigenvalue weighted by Crippen LogP contribution is -2.08. The lowest BCUT2D eigenvalue weighted by Gasteiger charge is -2.05. The summed E-state index contributed by atoms with van der Waals surface area (Å²) >= 11 is 11.3. The van der Waals surface area contributed by atoms with Crippen molar-refractivity contribution in [2.75, 3.05) is 11.9 Å². The molecule has 7 heteroatoms. The number of hydrogen-bond donors (Lipinski definition) is 1. The van der Waals surface area contributed by atoms with Crippen LogP contribution in [0.2, 0.25) is 10.6 Å². The zero-order valence-electron chi connectivity index (χ0n) is 9.20. The Bertz CT molecular complexity index is 513. The van der Waals surface area contributed by atoms with Crippen LogP contribution in [0.3, 0.4) is 0 Å². The van der Waals surface area contributed by atoms with Crippen molar-refractivity contribution in [2.24, 2.45) is 0 Å². The quantitative estimate of drug-likeness (QED) is 0.939. The van der Waals surface area contributed by atoms with Crippen molar-refractivity contribution >= 4 is 29.2 Å². The van der Waals surface area contributed by atoms with Gasteiger partial charge in [0.2, 0.25) is 16.5 Å². The van der Waals surface area contributed by atoms with Crippen molar-refractivity contribution in [3.63, 3.8) is 0 Å². The van der Waals surface area contributed by atoms with Crippen molar-refractivity contribution in [2.45, 2.75) is 6.42 Å². The average Bonchev–Trinajstić information content (AvgIpc) is 2.30. The van der Waals surface area contributed by atoms with Crippen LogP contribution in [-0.4, -0.2) is 21.5 Å². The lowest BCUT2D eigenvalue weighted by atomic mass is 10.1. The number of benzene rings is 1. The Hall–Kier alpha value is -1.46. The normalized spacial score (nSPS) is 10.4. The summed E-state index contributed by atoms with van der Waals surface area (Å²) in [6, 6.07) is 6.30. The number of nitrogens with one attached hydrogen (secondary N) is 1. The first-order valence-corrected chi connectivity index (χ1v) is 5.94. The first kappa shape index (κ1) is 13.0. The van der Waals surface area contributed by atoms with Crippen LogP contribution in [0, 0.1) is 5.82 Å². The van der Waals surface area contributed by atoms with Gasteiger partial charge in [0.1, 0.15) is 5.82 Å². The predicted molar refractivity (Wildman–Crippen MR) is 68.4 cm³/mol. The molecule has 0 amide bonds. The Balaban J connectivity index is 1.90. The summed E-state index contributed by atoms with van der Waals surface area (Å²) in [5, 5.41) is 3.05. The first-order valence-electron chi connectivity index (χ1n) is 5.19. The Labute approximate surface area is 113 Å². The molecular weight excluding hydrogens is 278 g/mol. The minimum Gasteiger partial charge on any atom is -0.354 e. The molecule has 0 fully saturated rings. The second-order valence-corrected chi connectivity index (χ2v) is 4.18. The molecule has 1 aromatic carbocycles. The molecule has 0 aliphatic heterocycles. The fourth-order valence-corrected chi connectivity index (χ4v) is 1.74. The first-order chi connectivity index (χ1) is 8.63. The highest BCUT2D eigenvalue weighted by Gasteiger charge is 2.02. The van der Waals surface area contributed by atoms with E-state index in [1.165, 1.54) is 12.1 Å². The highest BCUT2D eigenvalue weighted by atomic mass is 35.5. The molecule has 0 unspecified atom stereocenters. The molecule has 1 aromatic heterocycles. The summed E-state index contributed by atoms with van der Waals surface area (Å²) in [7, 11) is 0. The summed E-state index contributed by atoms with van der Waals surface area (Å²) in [5.74, 6) is 0.0739. The molecule has 0 atom stereocenters. The predicted octanol–water partition coefficient (Wildman–Crippen LogP) is 2.97.